The van der Waals surface area contributed by atoms with Gasteiger partial charge in [-0.1, -0.05) is 6.92 Å². The Morgan fingerprint density at radius 2 is 1.96 bits per heavy atom. The molecule has 0 aliphatic carbocycles. The second kappa shape index (κ2) is 7.33. The zero-order valence-electron chi connectivity index (χ0n) is 12.2. The SMILES string of the molecule is CC1CCNCC1NS(=O)(=O)c1cc(C(F)(F)F)ccc1F.Cl. The third kappa shape index (κ3) is 4.79. The Hall–Kier alpha value is -0.900. The van der Waals surface area contributed by atoms with Crippen LogP contribution in [0.4, 0.5) is 17.6 Å². The number of sulfonamides is 1. The molecule has 4 nitrogen and oxygen atoms in total. The van der Waals surface area contributed by atoms with Crippen LogP contribution in [0.1, 0.15) is 18.9 Å². The number of benzene rings is 1. The maximum absolute atomic E-state index is 13.7. The number of hydrogen-bond acceptors (Lipinski definition) is 3. The summed E-state index contributed by atoms with van der Waals surface area (Å²) in [6.07, 6.45) is -4.02. The van der Waals surface area contributed by atoms with Crippen molar-refractivity contribution in [2.24, 2.45) is 5.92 Å². The number of piperidine rings is 1. The quantitative estimate of drug-likeness (QED) is 0.797. The van der Waals surface area contributed by atoms with Crippen LogP contribution in [-0.2, 0) is 16.2 Å². The van der Waals surface area contributed by atoms with Crippen molar-refractivity contribution < 1.29 is 26.0 Å². The van der Waals surface area contributed by atoms with Crippen LogP contribution in [0.5, 0.6) is 0 Å². The molecule has 0 saturated carbocycles. The van der Waals surface area contributed by atoms with Gasteiger partial charge in [0.05, 0.1) is 5.56 Å². The van der Waals surface area contributed by atoms with E-state index in [0.29, 0.717) is 24.7 Å². The molecule has 0 radical (unpaired) electrons. The molecule has 0 spiro atoms. The fourth-order valence-corrected chi connectivity index (χ4v) is 3.74. The normalized spacial score (nSPS) is 22.5. The summed E-state index contributed by atoms with van der Waals surface area (Å²) in [4.78, 5) is -0.986. The highest BCUT2D eigenvalue weighted by molar-refractivity contribution is 7.89. The molecule has 1 saturated heterocycles. The molecule has 2 atom stereocenters. The fourth-order valence-electron chi connectivity index (χ4n) is 2.30. The van der Waals surface area contributed by atoms with Crippen molar-refractivity contribution in [1.29, 1.82) is 0 Å². The average molecular weight is 377 g/mol. The van der Waals surface area contributed by atoms with E-state index >= 15 is 0 Å². The Morgan fingerprint density at radius 1 is 1.30 bits per heavy atom. The Bertz CT molecular complexity index is 652. The maximum atomic E-state index is 13.7. The molecule has 23 heavy (non-hydrogen) atoms. The highest BCUT2D eigenvalue weighted by Gasteiger charge is 2.34. The summed E-state index contributed by atoms with van der Waals surface area (Å²) < 4.78 is 78.4. The molecule has 1 fully saturated rings. The van der Waals surface area contributed by atoms with Gasteiger partial charge in [-0.15, -0.1) is 12.4 Å². The van der Waals surface area contributed by atoms with Crippen LogP contribution in [0.15, 0.2) is 23.1 Å². The van der Waals surface area contributed by atoms with Crippen molar-refractivity contribution in [3.63, 3.8) is 0 Å². The van der Waals surface area contributed by atoms with Crippen LogP contribution in [0.2, 0.25) is 0 Å². The topological polar surface area (TPSA) is 58.2 Å². The molecule has 10 heteroatoms. The summed E-state index contributed by atoms with van der Waals surface area (Å²) in [5.74, 6) is -1.21. The summed E-state index contributed by atoms with van der Waals surface area (Å²) in [7, 11) is -4.37. The predicted octanol–water partition coefficient (Wildman–Crippen LogP) is 2.54. The lowest BCUT2D eigenvalue weighted by Crippen LogP contribution is -2.50. The molecular weight excluding hydrogens is 360 g/mol. The molecule has 0 amide bonds. The van der Waals surface area contributed by atoms with Gasteiger partial charge in [0, 0.05) is 12.6 Å². The molecule has 2 rings (SSSR count). The molecule has 1 aromatic carbocycles. The van der Waals surface area contributed by atoms with Gasteiger partial charge in [-0.3, -0.25) is 0 Å². The lowest BCUT2D eigenvalue weighted by atomic mass is 9.96. The molecule has 2 unspecified atom stereocenters. The number of nitrogens with one attached hydrogen (secondary N) is 2. The first-order chi connectivity index (χ1) is 10.1. The van der Waals surface area contributed by atoms with E-state index in [1.165, 1.54) is 0 Å². The van der Waals surface area contributed by atoms with E-state index in [0.717, 1.165) is 13.0 Å². The standard InChI is InChI=1S/C13H16F4N2O2S.ClH/c1-8-4-5-18-7-11(8)19-22(20,21)12-6-9(13(15,16)17)2-3-10(12)14;/h2-3,6,8,11,18-19H,4-5,7H2,1H3;1H. The summed E-state index contributed by atoms with van der Waals surface area (Å²) in [6.45, 7) is 2.91. The van der Waals surface area contributed by atoms with Crippen molar-refractivity contribution in [2.75, 3.05) is 13.1 Å². The molecule has 1 heterocycles. The van der Waals surface area contributed by atoms with Gasteiger partial charge in [0.25, 0.3) is 0 Å². The smallest absolute Gasteiger partial charge is 0.315 e. The van der Waals surface area contributed by atoms with E-state index in [9.17, 15) is 26.0 Å². The van der Waals surface area contributed by atoms with Gasteiger partial charge in [-0.05, 0) is 37.1 Å². The minimum absolute atomic E-state index is 0. The van der Waals surface area contributed by atoms with Crippen LogP contribution in [0.25, 0.3) is 0 Å². The van der Waals surface area contributed by atoms with Gasteiger partial charge in [0.1, 0.15) is 10.7 Å². The Morgan fingerprint density at radius 3 is 2.52 bits per heavy atom. The predicted molar refractivity (Wildman–Crippen MR) is 79.4 cm³/mol. The third-order valence-electron chi connectivity index (χ3n) is 3.68. The molecule has 1 aliphatic heterocycles. The molecule has 1 aliphatic rings. The van der Waals surface area contributed by atoms with E-state index in [1.807, 2.05) is 6.92 Å². The summed E-state index contributed by atoms with van der Waals surface area (Å²) in [6, 6.07) is 0.852. The first-order valence-electron chi connectivity index (χ1n) is 6.71. The number of hydrogen-bond donors (Lipinski definition) is 2. The van der Waals surface area contributed by atoms with Gasteiger partial charge in [-0.2, -0.15) is 13.2 Å². The monoisotopic (exact) mass is 376 g/mol. The summed E-state index contributed by atoms with van der Waals surface area (Å²) >= 11 is 0. The van der Waals surface area contributed by atoms with E-state index < -0.39 is 38.5 Å². The minimum atomic E-state index is -4.74. The zero-order valence-corrected chi connectivity index (χ0v) is 13.8. The number of halogens is 5. The van der Waals surface area contributed by atoms with Crippen LogP contribution in [-0.4, -0.2) is 27.5 Å². The van der Waals surface area contributed by atoms with Crippen molar-refractivity contribution in [1.82, 2.24) is 10.0 Å². The lowest BCUT2D eigenvalue weighted by molar-refractivity contribution is -0.137. The first-order valence-corrected chi connectivity index (χ1v) is 8.19. The molecule has 2 N–H and O–H groups in total. The van der Waals surface area contributed by atoms with Gasteiger partial charge >= 0.3 is 6.18 Å². The van der Waals surface area contributed by atoms with Crippen LogP contribution >= 0.6 is 12.4 Å². The highest BCUT2D eigenvalue weighted by Crippen LogP contribution is 2.31. The Balaban J connectivity index is 0.00000264. The maximum Gasteiger partial charge on any atom is 0.416 e. The van der Waals surface area contributed by atoms with Crippen LogP contribution in [0.3, 0.4) is 0 Å². The first kappa shape index (κ1) is 20.1. The average Bonchev–Trinajstić information content (AvgIpc) is 2.40. The second-order valence-corrected chi connectivity index (χ2v) is 7.02. The van der Waals surface area contributed by atoms with Crippen molar-refractivity contribution in [3.8, 4) is 0 Å². The van der Waals surface area contributed by atoms with Gasteiger partial charge in [0.2, 0.25) is 10.0 Å². The van der Waals surface area contributed by atoms with Gasteiger partial charge < -0.3 is 5.32 Å². The third-order valence-corrected chi connectivity index (χ3v) is 5.19. The van der Waals surface area contributed by atoms with Crippen molar-refractivity contribution >= 4 is 22.4 Å². The van der Waals surface area contributed by atoms with Gasteiger partial charge in [-0.25, -0.2) is 17.5 Å². The van der Waals surface area contributed by atoms with Gasteiger partial charge in [0.15, 0.2) is 0 Å². The van der Waals surface area contributed by atoms with Crippen molar-refractivity contribution in [3.05, 3.63) is 29.6 Å². The minimum Gasteiger partial charge on any atom is -0.315 e. The molecule has 0 aromatic heterocycles. The summed E-state index contributed by atoms with van der Waals surface area (Å²) in [5, 5.41) is 2.99. The number of rotatable bonds is 3. The lowest BCUT2D eigenvalue weighted by Gasteiger charge is -2.30. The molecule has 0 bridgehead atoms. The summed E-state index contributed by atoms with van der Waals surface area (Å²) in [5.41, 5.74) is -1.20. The number of alkyl halides is 3. The Kier molecular flexibility index (Phi) is 6.42. The van der Waals surface area contributed by atoms with E-state index in [2.05, 4.69) is 10.0 Å². The van der Waals surface area contributed by atoms with E-state index in [1.54, 1.807) is 0 Å². The van der Waals surface area contributed by atoms with E-state index in [4.69, 9.17) is 0 Å². The fraction of sp³-hybridized carbons (Fsp3) is 0.538. The second-order valence-electron chi connectivity index (χ2n) is 5.34. The Labute approximate surface area is 138 Å². The molecule has 1 aromatic rings. The van der Waals surface area contributed by atoms with E-state index in [-0.39, 0.29) is 18.3 Å². The molecule has 132 valence electrons. The largest absolute Gasteiger partial charge is 0.416 e. The highest BCUT2D eigenvalue weighted by atomic mass is 35.5. The van der Waals surface area contributed by atoms with Crippen LogP contribution in [0, 0.1) is 11.7 Å². The molecular formula is C13H17ClF4N2O2S. The van der Waals surface area contributed by atoms with Crippen LogP contribution < -0.4 is 10.0 Å². The van der Waals surface area contributed by atoms with Crippen molar-refractivity contribution in [2.45, 2.75) is 30.5 Å². The zero-order chi connectivity index (χ0) is 16.5.